The van der Waals surface area contributed by atoms with Crippen molar-refractivity contribution in [1.82, 2.24) is 4.90 Å². The van der Waals surface area contributed by atoms with E-state index in [-0.39, 0.29) is 0 Å². The molecule has 20 heavy (non-hydrogen) atoms. The van der Waals surface area contributed by atoms with E-state index in [1.807, 2.05) is 18.2 Å². The Bertz CT molecular complexity index is 594. The van der Waals surface area contributed by atoms with Crippen molar-refractivity contribution in [3.05, 3.63) is 57.8 Å². The Labute approximate surface area is 122 Å². The van der Waals surface area contributed by atoms with Gasteiger partial charge in [-0.25, -0.2) is 0 Å². The van der Waals surface area contributed by atoms with Crippen LogP contribution in [0.1, 0.15) is 16.7 Å². The highest BCUT2D eigenvalue weighted by molar-refractivity contribution is 7.07. The maximum Gasteiger partial charge on any atom is 0.321 e. The third-order valence-electron chi connectivity index (χ3n) is 3.90. The van der Waals surface area contributed by atoms with Gasteiger partial charge in [0.1, 0.15) is 6.04 Å². The second-order valence-corrected chi connectivity index (χ2v) is 5.96. The highest BCUT2D eigenvalue weighted by Gasteiger charge is 2.30. The number of rotatable bonds is 4. The molecule has 0 amide bonds. The molecule has 3 nitrogen and oxygen atoms in total. The van der Waals surface area contributed by atoms with Crippen LogP contribution in [0.2, 0.25) is 0 Å². The van der Waals surface area contributed by atoms with Crippen LogP contribution in [0.5, 0.6) is 0 Å². The van der Waals surface area contributed by atoms with E-state index >= 15 is 0 Å². The molecule has 0 saturated heterocycles. The fourth-order valence-corrected chi connectivity index (χ4v) is 3.47. The van der Waals surface area contributed by atoms with Crippen molar-refractivity contribution >= 4 is 17.3 Å². The van der Waals surface area contributed by atoms with E-state index in [2.05, 4.69) is 27.8 Å². The third kappa shape index (κ3) is 2.76. The lowest BCUT2D eigenvalue weighted by atomic mass is 9.93. The summed E-state index contributed by atoms with van der Waals surface area (Å²) < 4.78 is 0. The van der Waals surface area contributed by atoms with Gasteiger partial charge in [-0.15, -0.1) is 0 Å². The lowest BCUT2D eigenvalue weighted by Crippen LogP contribution is -2.46. The fourth-order valence-electron chi connectivity index (χ4n) is 2.76. The molecule has 3 rings (SSSR count). The molecule has 4 heteroatoms. The van der Waals surface area contributed by atoms with Gasteiger partial charge < -0.3 is 5.11 Å². The van der Waals surface area contributed by atoms with Crippen LogP contribution >= 0.6 is 11.3 Å². The van der Waals surface area contributed by atoms with E-state index in [4.69, 9.17) is 0 Å². The highest BCUT2D eigenvalue weighted by atomic mass is 32.1. The molecule has 0 radical (unpaired) electrons. The van der Waals surface area contributed by atoms with Crippen molar-refractivity contribution < 1.29 is 9.90 Å². The molecule has 1 unspecified atom stereocenters. The predicted molar refractivity (Wildman–Crippen MR) is 80.0 cm³/mol. The molecule has 0 spiro atoms. The second kappa shape index (κ2) is 5.77. The molecule has 1 aliphatic heterocycles. The van der Waals surface area contributed by atoms with Gasteiger partial charge in [-0.1, -0.05) is 24.3 Å². The average Bonchev–Trinajstić information content (AvgIpc) is 2.97. The number of carboxylic acid groups (broad SMARTS) is 1. The topological polar surface area (TPSA) is 40.5 Å². The number of carbonyl (C=O) groups is 1. The Balaban J connectivity index is 1.76. The number of carboxylic acids is 1. The molecule has 1 N–H and O–H groups in total. The first kappa shape index (κ1) is 13.3. The normalized spacial score (nSPS) is 18.7. The monoisotopic (exact) mass is 287 g/mol. The standard InChI is InChI=1S/C16H17NO2S/c18-16(19)15-9-13-3-1-2-4-14(13)10-17(15)7-5-12-6-8-20-11-12/h1-4,6,8,11,15H,5,7,9-10H2,(H,18,19). The summed E-state index contributed by atoms with van der Waals surface area (Å²) >= 11 is 1.69. The van der Waals surface area contributed by atoms with Crippen molar-refractivity contribution in [3.8, 4) is 0 Å². The number of benzene rings is 1. The van der Waals surface area contributed by atoms with Gasteiger partial charge in [0.15, 0.2) is 0 Å². The lowest BCUT2D eigenvalue weighted by molar-refractivity contribution is -0.143. The Hall–Kier alpha value is -1.65. The summed E-state index contributed by atoms with van der Waals surface area (Å²) in [7, 11) is 0. The van der Waals surface area contributed by atoms with Gasteiger partial charge in [0, 0.05) is 13.1 Å². The van der Waals surface area contributed by atoms with E-state index in [1.54, 1.807) is 11.3 Å². The summed E-state index contributed by atoms with van der Waals surface area (Å²) in [6.07, 6.45) is 1.52. The number of fused-ring (bicyclic) bond motifs is 1. The first-order valence-electron chi connectivity index (χ1n) is 6.79. The van der Waals surface area contributed by atoms with Gasteiger partial charge in [0.25, 0.3) is 0 Å². The minimum absolute atomic E-state index is 0.400. The predicted octanol–water partition coefficient (Wildman–Crippen LogP) is 2.80. The summed E-state index contributed by atoms with van der Waals surface area (Å²) in [5, 5.41) is 13.6. The Kier molecular flexibility index (Phi) is 3.85. The molecule has 2 aromatic rings. The molecule has 1 atom stereocenters. The molecule has 1 aromatic heterocycles. The van der Waals surface area contributed by atoms with Gasteiger partial charge >= 0.3 is 5.97 Å². The largest absolute Gasteiger partial charge is 0.480 e. The number of thiophene rings is 1. The van der Waals surface area contributed by atoms with Crippen molar-refractivity contribution in [3.63, 3.8) is 0 Å². The smallest absolute Gasteiger partial charge is 0.321 e. The van der Waals surface area contributed by atoms with Crippen molar-refractivity contribution in [2.45, 2.75) is 25.4 Å². The molecule has 104 valence electrons. The zero-order valence-electron chi connectivity index (χ0n) is 11.2. The number of hydrogen-bond acceptors (Lipinski definition) is 3. The summed E-state index contributed by atoms with van der Waals surface area (Å²) in [5.74, 6) is -0.718. The quantitative estimate of drug-likeness (QED) is 0.940. The molecule has 0 bridgehead atoms. The Morgan fingerprint density at radius 3 is 2.80 bits per heavy atom. The highest BCUT2D eigenvalue weighted by Crippen LogP contribution is 2.23. The fraction of sp³-hybridized carbons (Fsp3) is 0.312. The molecular weight excluding hydrogens is 270 g/mol. The van der Waals surface area contributed by atoms with E-state index < -0.39 is 12.0 Å². The zero-order chi connectivity index (χ0) is 13.9. The van der Waals surface area contributed by atoms with Crippen LogP contribution in [0, 0.1) is 0 Å². The molecule has 1 aliphatic rings. The van der Waals surface area contributed by atoms with Gasteiger partial charge in [-0.2, -0.15) is 11.3 Å². The van der Waals surface area contributed by atoms with Crippen molar-refractivity contribution in [2.75, 3.05) is 6.54 Å². The van der Waals surface area contributed by atoms with Gasteiger partial charge in [-0.05, 0) is 46.4 Å². The van der Waals surface area contributed by atoms with Crippen LogP contribution in [0.15, 0.2) is 41.1 Å². The van der Waals surface area contributed by atoms with E-state index in [9.17, 15) is 9.90 Å². The zero-order valence-corrected chi connectivity index (χ0v) is 12.0. The molecule has 0 saturated carbocycles. The third-order valence-corrected chi connectivity index (χ3v) is 4.63. The maximum absolute atomic E-state index is 11.5. The molecule has 0 aliphatic carbocycles. The molecule has 2 heterocycles. The number of aliphatic carboxylic acids is 1. The van der Waals surface area contributed by atoms with Crippen LogP contribution in [-0.4, -0.2) is 28.6 Å². The minimum atomic E-state index is -0.718. The van der Waals surface area contributed by atoms with Gasteiger partial charge in [-0.3, -0.25) is 9.69 Å². The van der Waals surface area contributed by atoms with Gasteiger partial charge in [0.2, 0.25) is 0 Å². The van der Waals surface area contributed by atoms with E-state index in [0.717, 1.165) is 19.5 Å². The van der Waals surface area contributed by atoms with Crippen LogP contribution in [0.3, 0.4) is 0 Å². The molecule has 0 fully saturated rings. The average molecular weight is 287 g/mol. The summed E-state index contributed by atoms with van der Waals surface area (Å²) in [6, 6.07) is 9.86. The first-order chi connectivity index (χ1) is 9.74. The lowest BCUT2D eigenvalue weighted by Gasteiger charge is -2.34. The molecule has 1 aromatic carbocycles. The van der Waals surface area contributed by atoms with Crippen LogP contribution in [0.25, 0.3) is 0 Å². The Morgan fingerprint density at radius 2 is 2.10 bits per heavy atom. The van der Waals surface area contributed by atoms with E-state index in [1.165, 1.54) is 16.7 Å². The first-order valence-corrected chi connectivity index (χ1v) is 7.73. The van der Waals surface area contributed by atoms with Crippen LogP contribution < -0.4 is 0 Å². The van der Waals surface area contributed by atoms with E-state index in [0.29, 0.717) is 6.42 Å². The van der Waals surface area contributed by atoms with Gasteiger partial charge in [0.05, 0.1) is 0 Å². The minimum Gasteiger partial charge on any atom is -0.480 e. The summed E-state index contributed by atoms with van der Waals surface area (Å²) in [5.41, 5.74) is 3.72. The maximum atomic E-state index is 11.5. The summed E-state index contributed by atoms with van der Waals surface area (Å²) in [6.45, 7) is 1.53. The number of hydrogen-bond donors (Lipinski definition) is 1. The summed E-state index contributed by atoms with van der Waals surface area (Å²) in [4.78, 5) is 13.6. The molecular formula is C16H17NO2S. The second-order valence-electron chi connectivity index (χ2n) is 5.18. The van der Waals surface area contributed by atoms with Crippen LogP contribution in [0.4, 0.5) is 0 Å². The van der Waals surface area contributed by atoms with Crippen molar-refractivity contribution in [1.29, 1.82) is 0 Å². The SMILES string of the molecule is O=C(O)C1Cc2ccccc2CN1CCc1ccsc1. The number of nitrogens with zero attached hydrogens (tertiary/aromatic N) is 1. The Morgan fingerprint density at radius 1 is 1.30 bits per heavy atom. The van der Waals surface area contributed by atoms with Crippen LogP contribution in [-0.2, 0) is 24.2 Å². The van der Waals surface area contributed by atoms with Crippen molar-refractivity contribution in [2.24, 2.45) is 0 Å².